The monoisotopic (exact) mass is 616 g/mol. The van der Waals surface area contributed by atoms with E-state index < -0.39 is 38.3 Å². The van der Waals surface area contributed by atoms with Crippen molar-refractivity contribution in [3.63, 3.8) is 0 Å². The van der Waals surface area contributed by atoms with Crippen LogP contribution in [-0.4, -0.2) is 61.7 Å². The van der Waals surface area contributed by atoms with Crippen molar-refractivity contribution < 1.29 is 36.9 Å². The van der Waals surface area contributed by atoms with Crippen molar-refractivity contribution in [2.24, 2.45) is 0 Å². The van der Waals surface area contributed by atoms with Crippen LogP contribution in [0, 0.1) is 18.3 Å². The number of rotatable bonds is 12. The number of imidazole rings is 1. The minimum absolute atomic E-state index is 0.0441. The molecular weight excluding hydrogens is 581 g/mol. The Morgan fingerprint density at radius 1 is 1.19 bits per heavy atom. The molecule has 0 saturated carbocycles. The van der Waals surface area contributed by atoms with E-state index in [1.54, 1.807) is 13.8 Å². The number of nitrogens with zero attached hydrogens (tertiary/aromatic N) is 3. The van der Waals surface area contributed by atoms with Crippen LogP contribution in [0.25, 0.3) is 21.9 Å². The van der Waals surface area contributed by atoms with Crippen molar-refractivity contribution in [2.45, 2.75) is 58.0 Å². The summed E-state index contributed by atoms with van der Waals surface area (Å²) in [7, 11) is -0.245. The molecule has 13 heteroatoms. The molecule has 0 amide bonds. The maximum atomic E-state index is 15.9. The lowest BCUT2D eigenvalue weighted by atomic mass is 9.86. The number of aryl methyl sites for hydroxylation is 1. The molecule has 43 heavy (non-hydrogen) atoms. The number of hydrogen-bond donors (Lipinski definition) is 1. The fourth-order valence-corrected chi connectivity index (χ4v) is 5.76. The normalized spacial score (nSPS) is 13.7. The summed E-state index contributed by atoms with van der Waals surface area (Å²) in [5, 5.41) is 9.67. The van der Waals surface area contributed by atoms with E-state index in [2.05, 4.69) is 29.6 Å². The summed E-state index contributed by atoms with van der Waals surface area (Å²) in [6, 6.07) is 10.2. The summed E-state index contributed by atoms with van der Waals surface area (Å²) in [6.45, 7) is 8.76. The highest BCUT2D eigenvalue weighted by molar-refractivity contribution is 6.76. The van der Waals surface area contributed by atoms with Crippen LogP contribution in [0.3, 0.4) is 0 Å². The lowest BCUT2D eigenvalue weighted by molar-refractivity contribution is -0.270. The topological polar surface area (TPSA) is 111 Å². The van der Waals surface area contributed by atoms with Crippen LogP contribution in [0.4, 0.5) is 13.2 Å². The lowest BCUT2D eigenvalue weighted by Crippen LogP contribution is -2.49. The van der Waals surface area contributed by atoms with Crippen molar-refractivity contribution in [3.05, 3.63) is 59.0 Å². The third kappa shape index (κ3) is 6.27. The smallest absolute Gasteiger partial charge is 0.429 e. The first-order valence-corrected chi connectivity index (χ1v) is 17.5. The standard InChI is InChI=1S/C30H35F3N4O5Si/c1-7-41-25(38)17-42-29(30(31,32)33,26-21-10-11-35-27(21)19(2)14-24(26)39-3)28-36-22-15-20(16-34)8-9-23(22)37(28)18-40-12-13-43(4,5)6/h8-11,14-15,35H,7,12-13,17-18H2,1-6H3. The van der Waals surface area contributed by atoms with Gasteiger partial charge in [0.05, 0.1) is 41.9 Å². The first kappa shape index (κ1) is 32.1. The Kier molecular flexibility index (Phi) is 9.24. The number of carbonyl (C=O) groups excluding carboxylic acids is 1. The molecule has 0 aliphatic heterocycles. The van der Waals surface area contributed by atoms with Crippen molar-refractivity contribution >= 4 is 36.0 Å². The Morgan fingerprint density at radius 2 is 1.93 bits per heavy atom. The number of halogens is 3. The molecule has 0 bridgehead atoms. The van der Waals surface area contributed by atoms with E-state index in [-0.39, 0.29) is 41.1 Å². The maximum Gasteiger partial charge on any atom is 0.429 e. The van der Waals surface area contributed by atoms with Gasteiger partial charge in [0.1, 0.15) is 19.1 Å². The second kappa shape index (κ2) is 12.4. The van der Waals surface area contributed by atoms with Crippen LogP contribution < -0.4 is 4.74 Å². The van der Waals surface area contributed by atoms with Crippen LogP contribution in [0.1, 0.15) is 29.4 Å². The second-order valence-electron chi connectivity index (χ2n) is 11.3. The zero-order valence-electron chi connectivity index (χ0n) is 25.0. The van der Waals surface area contributed by atoms with E-state index >= 15 is 13.2 Å². The number of fused-ring (bicyclic) bond motifs is 2. The van der Waals surface area contributed by atoms with Gasteiger partial charge in [0, 0.05) is 31.8 Å². The van der Waals surface area contributed by atoms with Crippen LogP contribution >= 0.6 is 0 Å². The summed E-state index contributed by atoms with van der Waals surface area (Å²) in [4.78, 5) is 20.0. The van der Waals surface area contributed by atoms with E-state index in [4.69, 9.17) is 18.9 Å². The predicted molar refractivity (Wildman–Crippen MR) is 158 cm³/mol. The number of aromatic amines is 1. The molecule has 0 spiro atoms. The van der Waals surface area contributed by atoms with Gasteiger partial charge in [-0.1, -0.05) is 19.6 Å². The molecule has 2 aromatic heterocycles. The predicted octanol–water partition coefficient (Wildman–Crippen LogP) is 6.40. The SMILES string of the molecule is CCOC(=O)COC(c1c(OC)cc(C)c2[nH]ccc12)(c1nc2cc(C#N)ccc2n1COCC[Si](C)(C)C)C(F)(F)F. The van der Waals surface area contributed by atoms with Gasteiger partial charge in [-0.15, -0.1) is 0 Å². The highest BCUT2D eigenvalue weighted by atomic mass is 28.3. The third-order valence-electron chi connectivity index (χ3n) is 7.10. The maximum absolute atomic E-state index is 15.9. The number of H-pyrrole nitrogens is 1. The van der Waals surface area contributed by atoms with Crippen LogP contribution in [0.15, 0.2) is 36.5 Å². The quantitative estimate of drug-likeness (QED) is 0.111. The number of methoxy groups -OCH3 is 1. The Hall–Kier alpha value is -3.86. The summed E-state index contributed by atoms with van der Waals surface area (Å²) in [5.41, 5.74) is -1.98. The van der Waals surface area contributed by atoms with Gasteiger partial charge in [0.25, 0.3) is 5.60 Å². The molecule has 0 radical (unpaired) electrons. The molecule has 4 rings (SSSR count). The Morgan fingerprint density at radius 3 is 2.56 bits per heavy atom. The molecule has 0 saturated heterocycles. The number of nitriles is 1. The summed E-state index contributed by atoms with van der Waals surface area (Å²) in [5.74, 6) is -1.66. The molecule has 0 fully saturated rings. The fraction of sp³-hybridized carbons (Fsp3) is 0.433. The van der Waals surface area contributed by atoms with Gasteiger partial charge in [-0.2, -0.15) is 18.4 Å². The third-order valence-corrected chi connectivity index (χ3v) is 8.80. The highest BCUT2D eigenvalue weighted by Crippen LogP contribution is 2.53. The van der Waals surface area contributed by atoms with E-state index in [1.807, 2.05) is 6.07 Å². The molecule has 0 aliphatic carbocycles. The van der Waals surface area contributed by atoms with Crippen LogP contribution in [0.2, 0.25) is 25.7 Å². The van der Waals surface area contributed by atoms with Crippen LogP contribution in [-0.2, 0) is 31.3 Å². The lowest BCUT2D eigenvalue weighted by Gasteiger charge is -2.37. The average molecular weight is 617 g/mol. The van der Waals surface area contributed by atoms with E-state index in [9.17, 15) is 10.1 Å². The first-order valence-electron chi connectivity index (χ1n) is 13.8. The van der Waals surface area contributed by atoms with Crippen LogP contribution in [0.5, 0.6) is 5.75 Å². The minimum Gasteiger partial charge on any atom is -0.496 e. The van der Waals surface area contributed by atoms with Gasteiger partial charge >= 0.3 is 12.1 Å². The minimum atomic E-state index is -5.18. The van der Waals surface area contributed by atoms with Gasteiger partial charge in [-0.25, -0.2) is 9.78 Å². The number of benzene rings is 2. The van der Waals surface area contributed by atoms with Gasteiger partial charge in [0.15, 0.2) is 5.82 Å². The molecule has 230 valence electrons. The number of hydrogen-bond acceptors (Lipinski definition) is 7. The summed E-state index contributed by atoms with van der Waals surface area (Å²) in [6.07, 6.45) is -3.66. The number of nitrogens with one attached hydrogen (secondary N) is 1. The summed E-state index contributed by atoms with van der Waals surface area (Å²) >= 11 is 0. The molecular formula is C30H35F3N4O5Si. The second-order valence-corrected chi connectivity index (χ2v) is 17.0. The van der Waals surface area contributed by atoms with Crippen molar-refractivity contribution in [2.75, 3.05) is 26.9 Å². The van der Waals surface area contributed by atoms with Gasteiger partial charge < -0.3 is 28.5 Å². The Labute approximate surface area is 248 Å². The number of ether oxygens (including phenoxy) is 4. The van der Waals surface area contributed by atoms with Gasteiger partial charge in [0.2, 0.25) is 0 Å². The van der Waals surface area contributed by atoms with E-state index in [0.717, 1.165) is 6.04 Å². The average Bonchev–Trinajstić information content (AvgIpc) is 3.56. The molecule has 1 atom stereocenters. The number of alkyl halides is 3. The molecule has 1 N–H and O–H groups in total. The number of aromatic nitrogens is 3. The number of carbonyl (C=O) groups is 1. The highest BCUT2D eigenvalue weighted by Gasteiger charge is 2.64. The largest absolute Gasteiger partial charge is 0.496 e. The molecule has 1 unspecified atom stereocenters. The Bertz CT molecular complexity index is 1670. The first-order chi connectivity index (χ1) is 20.3. The fourth-order valence-electron chi connectivity index (χ4n) is 5.00. The zero-order chi connectivity index (χ0) is 31.6. The van der Waals surface area contributed by atoms with Gasteiger partial charge in [-0.3, -0.25) is 0 Å². The number of esters is 1. The van der Waals surface area contributed by atoms with Crippen molar-refractivity contribution in [3.8, 4) is 11.8 Å². The van der Waals surface area contributed by atoms with E-state index in [0.29, 0.717) is 23.2 Å². The summed E-state index contributed by atoms with van der Waals surface area (Å²) < 4.78 is 71.3. The zero-order valence-corrected chi connectivity index (χ0v) is 26.0. The Balaban J connectivity index is 2.08. The van der Waals surface area contributed by atoms with Gasteiger partial charge in [-0.05, 0) is 55.8 Å². The van der Waals surface area contributed by atoms with Crippen molar-refractivity contribution in [1.29, 1.82) is 5.26 Å². The molecule has 2 heterocycles. The van der Waals surface area contributed by atoms with E-state index in [1.165, 1.54) is 48.2 Å². The molecule has 0 aliphatic rings. The molecule has 9 nitrogen and oxygen atoms in total. The molecule has 2 aromatic carbocycles. The van der Waals surface area contributed by atoms with Crippen molar-refractivity contribution in [1.82, 2.24) is 14.5 Å². The molecule has 4 aromatic rings.